The quantitative estimate of drug-likeness (QED) is 0.423. The lowest BCUT2D eigenvalue weighted by Crippen LogP contribution is -2.46. The molecule has 156 valence electrons. The number of carboxylic acids is 2. The first kappa shape index (κ1) is 23.6. The van der Waals surface area contributed by atoms with Gasteiger partial charge in [0.05, 0.1) is 11.1 Å². The fourth-order valence-electron chi connectivity index (χ4n) is 2.98. The van der Waals surface area contributed by atoms with Crippen LogP contribution in [0.4, 0.5) is 0 Å². The first-order valence-corrected chi connectivity index (χ1v) is 9.66. The lowest BCUT2D eigenvalue weighted by molar-refractivity contribution is -0.121. The van der Waals surface area contributed by atoms with Gasteiger partial charge in [0.25, 0.3) is 0 Å². The molecule has 8 nitrogen and oxygen atoms in total. The van der Waals surface area contributed by atoms with Gasteiger partial charge in [-0.15, -0.1) is 0 Å². The van der Waals surface area contributed by atoms with E-state index >= 15 is 0 Å². The minimum absolute atomic E-state index is 0.0833. The normalized spacial score (nSPS) is 17.5. The minimum Gasteiger partial charge on any atom is -0.478 e. The highest BCUT2D eigenvalue weighted by molar-refractivity contribution is 5.91. The maximum absolute atomic E-state index is 11.4. The van der Waals surface area contributed by atoms with Crippen LogP contribution in [0, 0.1) is 0 Å². The zero-order valence-electron chi connectivity index (χ0n) is 16.1. The third kappa shape index (κ3) is 8.96. The molecule has 8 heteroatoms. The minimum atomic E-state index is -1.06. The second-order valence-corrected chi connectivity index (χ2v) is 6.91. The lowest BCUT2D eigenvalue weighted by Gasteiger charge is -2.23. The first-order chi connectivity index (χ1) is 13.3. The van der Waals surface area contributed by atoms with E-state index in [0.29, 0.717) is 6.42 Å². The fraction of sp³-hybridized carbons (Fsp3) is 0.550. The van der Waals surface area contributed by atoms with Gasteiger partial charge in [-0.25, -0.2) is 9.59 Å². The van der Waals surface area contributed by atoms with Crippen molar-refractivity contribution in [3.05, 3.63) is 35.4 Å². The van der Waals surface area contributed by atoms with Crippen molar-refractivity contribution in [1.29, 1.82) is 0 Å². The Morgan fingerprint density at radius 1 is 1.04 bits per heavy atom. The number of unbranched alkanes of at least 4 members (excludes halogenated alkanes) is 2. The molecule has 1 aromatic rings. The number of hydrogen-bond acceptors (Lipinski definition) is 5. The number of carbonyl (C=O) groups excluding carboxylic acids is 1. The van der Waals surface area contributed by atoms with E-state index in [9.17, 15) is 14.4 Å². The number of carboxylic acid groups (broad SMARTS) is 2. The summed E-state index contributed by atoms with van der Waals surface area (Å²) < 4.78 is 0. The van der Waals surface area contributed by atoms with Gasteiger partial charge < -0.3 is 27.0 Å². The van der Waals surface area contributed by atoms with Crippen molar-refractivity contribution in [3.63, 3.8) is 0 Å². The van der Waals surface area contributed by atoms with Gasteiger partial charge in [-0.3, -0.25) is 4.79 Å². The van der Waals surface area contributed by atoms with Gasteiger partial charge >= 0.3 is 11.9 Å². The Morgan fingerprint density at radius 3 is 2.11 bits per heavy atom. The number of rotatable bonds is 8. The van der Waals surface area contributed by atoms with Crippen LogP contribution in [0.15, 0.2) is 24.3 Å². The summed E-state index contributed by atoms with van der Waals surface area (Å²) in [5.41, 5.74) is 11.7. The highest BCUT2D eigenvalue weighted by atomic mass is 16.4. The van der Waals surface area contributed by atoms with E-state index in [4.69, 9.17) is 21.7 Å². The number of benzene rings is 1. The summed E-state index contributed by atoms with van der Waals surface area (Å²) in [6.07, 6.45) is 8.13. The molecule has 0 saturated carbocycles. The first-order valence-electron chi connectivity index (χ1n) is 9.66. The number of carbonyl (C=O) groups is 3. The van der Waals surface area contributed by atoms with Gasteiger partial charge in [-0.05, 0) is 56.5 Å². The molecule has 0 aliphatic carbocycles. The topological polar surface area (TPSA) is 156 Å². The predicted molar refractivity (Wildman–Crippen MR) is 106 cm³/mol. The van der Waals surface area contributed by atoms with E-state index in [-0.39, 0.29) is 29.1 Å². The SMILES string of the molecule is NCCCCCC(N)C1CCCCC(=O)N1.O=C(O)c1ccc(C(=O)O)cc1. The van der Waals surface area contributed by atoms with E-state index in [1.54, 1.807) is 0 Å². The molecule has 28 heavy (non-hydrogen) atoms. The number of nitrogens with one attached hydrogen (secondary N) is 1. The summed E-state index contributed by atoms with van der Waals surface area (Å²) in [4.78, 5) is 32.1. The highest BCUT2D eigenvalue weighted by Crippen LogP contribution is 2.14. The third-order valence-electron chi connectivity index (χ3n) is 4.65. The summed E-state index contributed by atoms with van der Waals surface area (Å²) in [7, 11) is 0. The molecule has 2 atom stereocenters. The molecule has 0 radical (unpaired) electrons. The molecule has 1 fully saturated rings. The molecule has 1 aromatic carbocycles. The number of nitrogens with two attached hydrogens (primary N) is 2. The monoisotopic (exact) mass is 393 g/mol. The van der Waals surface area contributed by atoms with Gasteiger partial charge in [0.2, 0.25) is 5.91 Å². The summed E-state index contributed by atoms with van der Waals surface area (Å²) in [6.45, 7) is 0.759. The summed E-state index contributed by atoms with van der Waals surface area (Å²) >= 11 is 0. The van der Waals surface area contributed by atoms with Gasteiger partial charge in [0, 0.05) is 18.5 Å². The molecular weight excluding hydrogens is 362 g/mol. The molecule has 1 saturated heterocycles. The molecule has 2 unspecified atom stereocenters. The van der Waals surface area contributed by atoms with Crippen LogP contribution in [0.2, 0.25) is 0 Å². The average Bonchev–Trinajstić information content (AvgIpc) is 2.90. The van der Waals surface area contributed by atoms with E-state index in [1.165, 1.54) is 24.3 Å². The van der Waals surface area contributed by atoms with Crippen LogP contribution >= 0.6 is 0 Å². The van der Waals surface area contributed by atoms with Crippen LogP contribution in [0.25, 0.3) is 0 Å². The lowest BCUT2D eigenvalue weighted by atomic mass is 9.98. The molecule has 2 rings (SSSR count). The van der Waals surface area contributed by atoms with Crippen molar-refractivity contribution >= 4 is 17.8 Å². The Labute approximate surface area is 165 Å². The van der Waals surface area contributed by atoms with Crippen LogP contribution in [0.5, 0.6) is 0 Å². The largest absolute Gasteiger partial charge is 0.478 e. The van der Waals surface area contributed by atoms with Crippen LogP contribution in [0.1, 0.15) is 72.1 Å². The van der Waals surface area contributed by atoms with Gasteiger partial charge in [-0.1, -0.05) is 19.3 Å². The second-order valence-electron chi connectivity index (χ2n) is 6.91. The Hall–Kier alpha value is -2.45. The van der Waals surface area contributed by atoms with Gasteiger partial charge in [-0.2, -0.15) is 0 Å². The van der Waals surface area contributed by atoms with Crippen molar-refractivity contribution in [2.24, 2.45) is 11.5 Å². The maximum Gasteiger partial charge on any atom is 0.335 e. The second kappa shape index (κ2) is 12.9. The van der Waals surface area contributed by atoms with Crippen LogP contribution in [0.3, 0.4) is 0 Å². The van der Waals surface area contributed by atoms with Gasteiger partial charge in [0.1, 0.15) is 0 Å². The van der Waals surface area contributed by atoms with Crippen molar-refractivity contribution in [2.45, 2.75) is 63.5 Å². The van der Waals surface area contributed by atoms with Crippen molar-refractivity contribution < 1.29 is 24.6 Å². The summed E-state index contributed by atoms with van der Waals surface area (Å²) in [5.74, 6) is -1.96. The van der Waals surface area contributed by atoms with Gasteiger partial charge in [0.15, 0.2) is 0 Å². The Morgan fingerprint density at radius 2 is 1.61 bits per heavy atom. The fourth-order valence-corrected chi connectivity index (χ4v) is 2.98. The van der Waals surface area contributed by atoms with Crippen molar-refractivity contribution in [3.8, 4) is 0 Å². The molecule has 0 spiro atoms. The predicted octanol–water partition coefficient (Wildman–Crippen LogP) is 1.97. The maximum atomic E-state index is 11.4. The Balaban J connectivity index is 0.000000292. The van der Waals surface area contributed by atoms with Crippen molar-refractivity contribution in [1.82, 2.24) is 5.32 Å². The Kier molecular flexibility index (Phi) is 10.8. The molecule has 1 amide bonds. The molecule has 0 bridgehead atoms. The molecular formula is C20H31N3O5. The summed E-state index contributed by atoms with van der Waals surface area (Å²) in [5, 5.41) is 20.0. The molecule has 1 aliphatic rings. The van der Waals surface area contributed by atoms with Crippen molar-refractivity contribution in [2.75, 3.05) is 6.54 Å². The molecule has 0 aromatic heterocycles. The zero-order valence-corrected chi connectivity index (χ0v) is 16.1. The zero-order chi connectivity index (χ0) is 20.9. The van der Waals surface area contributed by atoms with Crippen LogP contribution in [-0.4, -0.2) is 46.7 Å². The van der Waals surface area contributed by atoms with E-state index in [1.807, 2.05) is 0 Å². The smallest absolute Gasteiger partial charge is 0.335 e. The van der Waals surface area contributed by atoms with E-state index in [2.05, 4.69) is 5.32 Å². The van der Waals surface area contributed by atoms with Crippen LogP contribution in [-0.2, 0) is 4.79 Å². The Bertz CT molecular complexity index is 600. The highest BCUT2D eigenvalue weighted by Gasteiger charge is 2.21. The van der Waals surface area contributed by atoms with E-state index < -0.39 is 11.9 Å². The third-order valence-corrected chi connectivity index (χ3v) is 4.65. The number of aromatic carboxylic acids is 2. The average molecular weight is 393 g/mol. The molecule has 1 heterocycles. The number of hydrogen-bond donors (Lipinski definition) is 5. The molecule has 7 N–H and O–H groups in total. The van der Waals surface area contributed by atoms with E-state index in [0.717, 1.165) is 51.5 Å². The summed E-state index contributed by atoms with van der Waals surface area (Å²) in [6, 6.07) is 5.32. The standard InChI is InChI=1S/C12H25N3O.C8H6O4/c13-9-5-1-2-6-10(14)11-7-3-4-8-12(16)15-11;9-7(10)5-1-2-6(4-3-5)8(11)12/h10-11H,1-9,13-14H2,(H,15,16);1-4H,(H,9,10)(H,11,12). The molecule has 1 aliphatic heterocycles. The van der Waals surface area contributed by atoms with Crippen LogP contribution < -0.4 is 16.8 Å². The number of amides is 1.